The largest absolute Gasteiger partial charge is 0.461 e. The van der Waals surface area contributed by atoms with Gasteiger partial charge in [-0.25, -0.2) is 18.7 Å². The Hall–Kier alpha value is -3.30. The second-order valence-corrected chi connectivity index (χ2v) is 8.26. The molecule has 0 bridgehead atoms. The lowest BCUT2D eigenvalue weighted by molar-refractivity contribution is -0.111. The molecule has 7 nitrogen and oxygen atoms in total. The normalized spacial score (nSPS) is 14.4. The molecule has 0 saturated carbocycles. The highest BCUT2D eigenvalue weighted by Crippen LogP contribution is 2.34. The molecule has 0 atom stereocenters. The van der Waals surface area contributed by atoms with Crippen molar-refractivity contribution in [3.63, 3.8) is 0 Å². The molecule has 1 amide bonds. The van der Waals surface area contributed by atoms with Gasteiger partial charge in [0.25, 0.3) is 0 Å². The van der Waals surface area contributed by atoms with Crippen molar-refractivity contribution in [3.05, 3.63) is 59.7 Å². The Balaban J connectivity index is 1.57. The third-order valence-corrected chi connectivity index (χ3v) is 5.76. The number of rotatable bonds is 8. The van der Waals surface area contributed by atoms with Crippen molar-refractivity contribution in [2.24, 2.45) is 0 Å². The monoisotopic (exact) mass is 487 g/mol. The lowest BCUT2D eigenvalue weighted by Gasteiger charge is -2.24. The molecular weight excluding hydrogens is 464 g/mol. The summed E-state index contributed by atoms with van der Waals surface area (Å²) in [6.07, 6.45) is 8.18. The molecular formula is C24H24ClF2N5O2. The van der Waals surface area contributed by atoms with Crippen LogP contribution >= 0.6 is 11.6 Å². The molecule has 0 aliphatic carbocycles. The second kappa shape index (κ2) is 11.2. The lowest BCUT2D eigenvalue weighted by Crippen LogP contribution is -2.29. The third kappa shape index (κ3) is 5.98. The molecule has 0 unspecified atom stereocenters. The number of hydrogen-bond acceptors (Lipinski definition) is 6. The molecule has 2 aromatic carbocycles. The Morgan fingerprint density at radius 3 is 2.76 bits per heavy atom. The molecule has 2 N–H and O–H groups in total. The van der Waals surface area contributed by atoms with Gasteiger partial charge in [-0.1, -0.05) is 24.1 Å². The number of amides is 1. The summed E-state index contributed by atoms with van der Waals surface area (Å²) in [7, 11) is 0. The number of piperidine rings is 1. The van der Waals surface area contributed by atoms with Crippen molar-refractivity contribution in [2.45, 2.75) is 19.3 Å². The fourth-order valence-corrected chi connectivity index (χ4v) is 3.98. The molecule has 3 aromatic rings. The fourth-order valence-electron chi connectivity index (χ4n) is 3.80. The summed E-state index contributed by atoms with van der Waals surface area (Å²) in [6, 6.07) is 7.31. The standard InChI is InChI=1S/C24H24ClF2N5O2/c25-18-11-16(6-7-19(18)27)30-24-17-12-21(22(34-14-26)13-20(17)28-15-29-24)31-23(33)5-4-10-32-8-2-1-3-9-32/h4-7,11-13,15H,1-3,8-10,14H2,(H,31,33)(H,28,29,30). The Morgan fingerprint density at radius 2 is 2.00 bits per heavy atom. The first-order valence-electron chi connectivity index (χ1n) is 10.9. The van der Waals surface area contributed by atoms with E-state index in [1.54, 1.807) is 6.07 Å². The molecule has 34 heavy (non-hydrogen) atoms. The van der Waals surface area contributed by atoms with Crippen molar-refractivity contribution in [3.8, 4) is 5.75 Å². The van der Waals surface area contributed by atoms with Gasteiger partial charge < -0.3 is 15.4 Å². The van der Waals surface area contributed by atoms with Crippen LogP contribution in [-0.4, -0.2) is 47.3 Å². The number of ether oxygens (including phenoxy) is 1. The van der Waals surface area contributed by atoms with Gasteiger partial charge in [0, 0.05) is 29.8 Å². The molecule has 0 radical (unpaired) electrons. The molecule has 1 aliphatic heterocycles. The molecule has 4 rings (SSSR count). The van der Waals surface area contributed by atoms with E-state index in [0.717, 1.165) is 13.1 Å². The van der Waals surface area contributed by atoms with E-state index in [9.17, 15) is 13.6 Å². The first-order valence-corrected chi connectivity index (χ1v) is 11.3. The van der Waals surface area contributed by atoms with E-state index in [-0.39, 0.29) is 22.4 Å². The van der Waals surface area contributed by atoms with E-state index in [0.29, 0.717) is 29.0 Å². The zero-order valence-electron chi connectivity index (χ0n) is 18.4. The zero-order chi connectivity index (χ0) is 23.9. The quantitative estimate of drug-likeness (QED) is 0.411. The van der Waals surface area contributed by atoms with E-state index >= 15 is 0 Å². The summed E-state index contributed by atoms with van der Waals surface area (Å²) in [5, 5.41) is 6.32. The van der Waals surface area contributed by atoms with Crippen molar-refractivity contribution < 1.29 is 18.3 Å². The number of likely N-dealkylation sites (tertiary alicyclic amines) is 1. The predicted molar refractivity (Wildman–Crippen MR) is 129 cm³/mol. The highest BCUT2D eigenvalue weighted by Gasteiger charge is 2.14. The minimum Gasteiger partial charge on any atom is -0.461 e. The Kier molecular flexibility index (Phi) is 7.87. The number of nitrogens with one attached hydrogen (secondary N) is 2. The van der Waals surface area contributed by atoms with Crippen LogP contribution in [0.3, 0.4) is 0 Å². The van der Waals surface area contributed by atoms with E-state index in [1.807, 2.05) is 6.08 Å². The Morgan fingerprint density at radius 1 is 1.18 bits per heavy atom. The van der Waals surface area contributed by atoms with Crippen LogP contribution in [0.5, 0.6) is 5.75 Å². The van der Waals surface area contributed by atoms with Crippen molar-refractivity contribution >= 4 is 45.6 Å². The molecule has 1 fully saturated rings. The Bertz CT molecular complexity index is 1200. The summed E-state index contributed by atoms with van der Waals surface area (Å²) in [6.45, 7) is 1.69. The van der Waals surface area contributed by atoms with Gasteiger partial charge in [-0.15, -0.1) is 0 Å². The number of carbonyl (C=O) groups is 1. The van der Waals surface area contributed by atoms with Gasteiger partial charge in [0.1, 0.15) is 23.7 Å². The molecule has 1 aromatic heterocycles. The minimum atomic E-state index is -1.07. The van der Waals surface area contributed by atoms with Crippen LogP contribution in [0.2, 0.25) is 5.02 Å². The summed E-state index contributed by atoms with van der Waals surface area (Å²) >= 11 is 5.87. The zero-order valence-corrected chi connectivity index (χ0v) is 19.1. The lowest BCUT2D eigenvalue weighted by atomic mass is 10.1. The molecule has 2 heterocycles. The average Bonchev–Trinajstić information content (AvgIpc) is 2.83. The molecule has 10 heteroatoms. The van der Waals surface area contributed by atoms with E-state index in [2.05, 4.69) is 25.5 Å². The van der Waals surface area contributed by atoms with E-state index in [1.165, 1.54) is 55.9 Å². The number of nitrogens with zero attached hydrogens (tertiary/aromatic N) is 3. The van der Waals surface area contributed by atoms with Crippen LogP contribution in [0.25, 0.3) is 10.9 Å². The maximum absolute atomic E-state index is 13.5. The van der Waals surface area contributed by atoms with Gasteiger partial charge in [0.2, 0.25) is 12.8 Å². The Labute approximate surface area is 200 Å². The average molecular weight is 488 g/mol. The maximum atomic E-state index is 13.5. The van der Waals surface area contributed by atoms with Gasteiger partial charge in [0.15, 0.2) is 0 Å². The van der Waals surface area contributed by atoms with Crippen molar-refractivity contribution in [1.82, 2.24) is 14.9 Å². The molecule has 0 spiro atoms. The topological polar surface area (TPSA) is 79.4 Å². The van der Waals surface area contributed by atoms with Crippen LogP contribution in [0.1, 0.15) is 19.3 Å². The SMILES string of the molecule is O=C(C=CCN1CCCCC1)Nc1cc2c(Nc3ccc(F)c(Cl)c3)ncnc2cc1OCF. The number of benzene rings is 2. The summed E-state index contributed by atoms with van der Waals surface area (Å²) < 4.78 is 31.6. The molecule has 178 valence electrons. The van der Waals surface area contributed by atoms with Crippen LogP contribution in [0.4, 0.5) is 26.0 Å². The maximum Gasteiger partial charge on any atom is 0.248 e. The summed E-state index contributed by atoms with van der Waals surface area (Å²) in [5.74, 6) is -0.360. The van der Waals surface area contributed by atoms with Crippen molar-refractivity contribution in [2.75, 3.05) is 37.1 Å². The third-order valence-electron chi connectivity index (χ3n) is 5.47. The van der Waals surface area contributed by atoms with Gasteiger partial charge >= 0.3 is 0 Å². The van der Waals surface area contributed by atoms with Gasteiger partial charge in [-0.2, -0.15) is 0 Å². The summed E-state index contributed by atoms with van der Waals surface area (Å²) in [5.41, 5.74) is 1.25. The smallest absolute Gasteiger partial charge is 0.248 e. The molecule has 1 aliphatic rings. The number of alkyl halides is 1. The van der Waals surface area contributed by atoms with E-state index in [4.69, 9.17) is 16.3 Å². The number of anilines is 3. The highest BCUT2D eigenvalue weighted by molar-refractivity contribution is 6.31. The van der Waals surface area contributed by atoms with E-state index < -0.39 is 12.7 Å². The number of carbonyl (C=O) groups excluding carboxylic acids is 1. The van der Waals surface area contributed by atoms with Crippen LogP contribution in [-0.2, 0) is 4.79 Å². The first-order chi connectivity index (χ1) is 16.5. The van der Waals surface area contributed by atoms with Gasteiger partial charge in [0.05, 0.1) is 16.2 Å². The number of hydrogen-bond donors (Lipinski definition) is 2. The van der Waals surface area contributed by atoms with Crippen LogP contribution in [0.15, 0.2) is 48.8 Å². The fraction of sp³-hybridized carbons (Fsp3) is 0.292. The first kappa shape index (κ1) is 23.8. The molecule has 1 saturated heterocycles. The summed E-state index contributed by atoms with van der Waals surface area (Å²) in [4.78, 5) is 23.3. The second-order valence-electron chi connectivity index (χ2n) is 7.85. The van der Waals surface area contributed by atoms with Gasteiger partial charge in [-0.3, -0.25) is 9.69 Å². The minimum absolute atomic E-state index is 0.0358. The predicted octanol–water partition coefficient (Wildman–Crippen LogP) is 5.45. The van der Waals surface area contributed by atoms with Crippen LogP contribution in [0, 0.1) is 5.82 Å². The van der Waals surface area contributed by atoms with Crippen molar-refractivity contribution in [1.29, 1.82) is 0 Å². The van der Waals surface area contributed by atoms with Crippen LogP contribution < -0.4 is 15.4 Å². The number of aromatic nitrogens is 2. The number of fused-ring (bicyclic) bond motifs is 1. The number of halogens is 3. The van der Waals surface area contributed by atoms with Gasteiger partial charge in [-0.05, 0) is 50.2 Å². The highest BCUT2D eigenvalue weighted by atomic mass is 35.5.